The second-order valence-electron chi connectivity index (χ2n) is 9.09. The Hall–Kier alpha value is -3.15. The van der Waals surface area contributed by atoms with Gasteiger partial charge in [-0.3, -0.25) is 9.36 Å². The van der Waals surface area contributed by atoms with E-state index in [4.69, 9.17) is 17.3 Å². The molecule has 0 radical (unpaired) electrons. The van der Waals surface area contributed by atoms with Gasteiger partial charge in [0.2, 0.25) is 17.8 Å². The fourth-order valence-corrected chi connectivity index (χ4v) is 4.97. The van der Waals surface area contributed by atoms with E-state index < -0.39 is 23.6 Å². The van der Waals surface area contributed by atoms with Crippen molar-refractivity contribution in [2.24, 2.45) is 11.7 Å². The molecular weight excluding hydrogens is 490 g/mol. The zero-order valence-electron chi connectivity index (χ0n) is 18.4. The number of nitrogens with zero attached hydrogens (tertiary/aromatic N) is 4. The van der Waals surface area contributed by atoms with E-state index in [-0.39, 0.29) is 53.3 Å². The van der Waals surface area contributed by atoms with Crippen molar-refractivity contribution in [2.75, 3.05) is 10.6 Å². The SMILES string of the molecule is NC(=O)C1CCC(n2c(Nc3c(F)cc(F)cc3Cl)nc3cnc(NC4CC(F)(F)C4)nc32)CC1. The minimum Gasteiger partial charge on any atom is -0.369 e. The summed E-state index contributed by atoms with van der Waals surface area (Å²) >= 11 is 6.07. The second kappa shape index (κ2) is 8.81. The van der Waals surface area contributed by atoms with Crippen molar-refractivity contribution in [1.82, 2.24) is 19.5 Å². The first-order valence-electron chi connectivity index (χ1n) is 11.2. The number of alkyl halides is 2. The van der Waals surface area contributed by atoms with Crippen molar-refractivity contribution < 1.29 is 22.4 Å². The highest BCUT2D eigenvalue weighted by atomic mass is 35.5. The molecule has 0 aliphatic heterocycles. The van der Waals surface area contributed by atoms with Crippen LogP contribution in [-0.4, -0.2) is 37.4 Å². The summed E-state index contributed by atoms with van der Waals surface area (Å²) in [6.45, 7) is 0. The Morgan fingerprint density at radius 3 is 2.49 bits per heavy atom. The van der Waals surface area contributed by atoms with Crippen LogP contribution < -0.4 is 16.4 Å². The van der Waals surface area contributed by atoms with Gasteiger partial charge in [-0.05, 0) is 31.7 Å². The van der Waals surface area contributed by atoms with Gasteiger partial charge >= 0.3 is 0 Å². The highest BCUT2D eigenvalue weighted by Gasteiger charge is 2.45. The van der Waals surface area contributed by atoms with Gasteiger partial charge in [-0.15, -0.1) is 0 Å². The zero-order valence-corrected chi connectivity index (χ0v) is 19.1. The number of benzene rings is 1. The van der Waals surface area contributed by atoms with Gasteiger partial charge in [-0.2, -0.15) is 4.98 Å². The van der Waals surface area contributed by atoms with Crippen LogP contribution in [0, 0.1) is 17.6 Å². The molecule has 2 fully saturated rings. The summed E-state index contributed by atoms with van der Waals surface area (Å²) in [5, 5.41) is 5.59. The number of carbonyl (C=O) groups is 1. The fraction of sp³-hybridized carbons (Fsp3) is 0.455. The monoisotopic (exact) mass is 511 g/mol. The van der Waals surface area contributed by atoms with E-state index in [1.165, 1.54) is 6.20 Å². The van der Waals surface area contributed by atoms with Crippen LogP contribution in [0.3, 0.4) is 0 Å². The van der Waals surface area contributed by atoms with Crippen LogP contribution in [-0.2, 0) is 4.79 Å². The van der Waals surface area contributed by atoms with Crippen LogP contribution in [0.15, 0.2) is 18.3 Å². The topological polar surface area (TPSA) is 111 Å². The largest absolute Gasteiger partial charge is 0.369 e. The van der Waals surface area contributed by atoms with E-state index in [0.717, 1.165) is 6.07 Å². The van der Waals surface area contributed by atoms with E-state index >= 15 is 0 Å². The molecule has 1 amide bonds. The van der Waals surface area contributed by atoms with Gasteiger partial charge in [0.25, 0.3) is 5.92 Å². The van der Waals surface area contributed by atoms with Gasteiger partial charge in [-0.25, -0.2) is 27.5 Å². The van der Waals surface area contributed by atoms with Crippen molar-refractivity contribution in [3.63, 3.8) is 0 Å². The number of carbonyl (C=O) groups excluding carboxylic acids is 1. The number of anilines is 3. The third-order valence-corrected chi connectivity index (χ3v) is 6.86. The molecule has 35 heavy (non-hydrogen) atoms. The molecule has 5 rings (SSSR count). The lowest BCUT2D eigenvalue weighted by Gasteiger charge is -2.35. The molecule has 3 aromatic rings. The lowest BCUT2D eigenvalue weighted by atomic mass is 9.85. The summed E-state index contributed by atoms with van der Waals surface area (Å²) < 4.78 is 56.3. The molecule has 8 nitrogen and oxygen atoms in total. The maximum absolute atomic E-state index is 14.5. The molecule has 4 N–H and O–H groups in total. The van der Waals surface area contributed by atoms with Crippen molar-refractivity contribution in [2.45, 2.75) is 56.5 Å². The molecule has 0 bridgehead atoms. The summed E-state index contributed by atoms with van der Waals surface area (Å²) in [4.78, 5) is 24.8. The van der Waals surface area contributed by atoms with Crippen molar-refractivity contribution in [3.05, 3.63) is 35.0 Å². The Kier molecular flexibility index (Phi) is 5.94. The van der Waals surface area contributed by atoms with Crippen LogP contribution >= 0.6 is 11.6 Å². The molecule has 13 heteroatoms. The average molecular weight is 512 g/mol. The van der Waals surface area contributed by atoms with Crippen molar-refractivity contribution >= 4 is 46.3 Å². The molecule has 0 atom stereocenters. The smallest absolute Gasteiger partial charge is 0.252 e. The Morgan fingerprint density at radius 2 is 1.86 bits per heavy atom. The van der Waals surface area contributed by atoms with E-state index in [1.54, 1.807) is 4.57 Å². The van der Waals surface area contributed by atoms with Crippen LogP contribution in [0.4, 0.5) is 35.1 Å². The molecule has 0 spiro atoms. The number of imidazole rings is 1. The molecule has 1 aromatic carbocycles. The Balaban J connectivity index is 1.51. The third kappa shape index (κ3) is 4.71. The lowest BCUT2D eigenvalue weighted by Crippen LogP contribution is -2.44. The van der Waals surface area contributed by atoms with Crippen LogP contribution in [0.25, 0.3) is 11.2 Å². The Labute approximate surface area is 202 Å². The third-order valence-electron chi connectivity index (χ3n) is 6.56. The minimum atomic E-state index is -2.70. The first-order chi connectivity index (χ1) is 16.6. The van der Waals surface area contributed by atoms with Crippen LogP contribution in [0.5, 0.6) is 0 Å². The minimum absolute atomic E-state index is 0.154. The van der Waals surface area contributed by atoms with E-state index in [2.05, 4.69) is 25.6 Å². The Morgan fingerprint density at radius 1 is 1.14 bits per heavy atom. The summed E-state index contributed by atoms with van der Waals surface area (Å²) in [5.74, 6) is -4.64. The molecule has 2 aromatic heterocycles. The van der Waals surface area contributed by atoms with Gasteiger partial charge in [0.1, 0.15) is 11.3 Å². The number of fused-ring (bicyclic) bond motifs is 1. The summed E-state index contributed by atoms with van der Waals surface area (Å²) in [7, 11) is 0. The normalized spacial score (nSPS) is 22.1. The molecular formula is C22H22ClF4N7O. The predicted molar refractivity (Wildman–Crippen MR) is 122 cm³/mol. The number of nitrogens with two attached hydrogens (primary N) is 1. The van der Waals surface area contributed by atoms with Gasteiger partial charge in [0, 0.05) is 36.9 Å². The van der Waals surface area contributed by atoms with Crippen LogP contribution in [0.2, 0.25) is 5.02 Å². The van der Waals surface area contributed by atoms with E-state index in [9.17, 15) is 22.4 Å². The second-order valence-corrected chi connectivity index (χ2v) is 9.50. The molecule has 2 aliphatic rings. The number of primary amides is 1. The standard InChI is InChI=1S/C22H22ClF4N7O/c23-14-5-11(24)6-15(25)17(14)32-21-31-16-9-29-20(30-12-7-22(26,27)8-12)33-19(16)34(21)13-3-1-10(2-4-13)18(28)35/h5-6,9-10,12-13H,1-4,7-8H2,(H2,28,35)(H,31,32)(H,29,30,33). The Bertz CT molecular complexity index is 1260. The number of halogens is 5. The summed E-state index contributed by atoms with van der Waals surface area (Å²) in [6.07, 6.45) is 3.10. The first kappa shape index (κ1) is 23.6. The zero-order chi connectivity index (χ0) is 24.9. The van der Waals surface area contributed by atoms with Crippen molar-refractivity contribution in [3.8, 4) is 0 Å². The predicted octanol–water partition coefficient (Wildman–Crippen LogP) is 4.93. The number of hydrogen-bond acceptors (Lipinski definition) is 6. The maximum Gasteiger partial charge on any atom is 0.252 e. The molecule has 2 saturated carbocycles. The van der Waals surface area contributed by atoms with Gasteiger partial charge in [0.05, 0.1) is 16.9 Å². The van der Waals surface area contributed by atoms with E-state index in [1.807, 2.05) is 0 Å². The number of aromatic nitrogens is 4. The quantitative estimate of drug-likeness (QED) is 0.405. The highest BCUT2D eigenvalue weighted by Crippen LogP contribution is 2.40. The number of amides is 1. The number of hydrogen-bond donors (Lipinski definition) is 3. The molecule has 0 saturated heterocycles. The van der Waals surface area contributed by atoms with Gasteiger partial charge in [-0.1, -0.05) is 11.6 Å². The molecule has 0 unspecified atom stereocenters. The average Bonchev–Trinajstić information content (AvgIpc) is 3.12. The summed E-state index contributed by atoms with van der Waals surface area (Å²) in [6, 6.07) is 1.06. The molecule has 2 heterocycles. The number of nitrogens with one attached hydrogen (secondary N) is 2. The highest BCUT2D eigenvalue weighted by molar-refractivity contribution is 6.33. The maximum atomic E-state index is 14.5. The molecule has 186 valence electrons. The first-order valence-corrected chi connectivity index (χ1v) is 11.6. The van der Waals surface area contributed by atoms with Crippen LogP contribution in [0.1, 0.15) is 44.6 Å². The number of rotatable bonds is 6. The van der Waals surface area contributed by atoms with E-state index in [0.29, 0.717) is 42.9 Å². The van der Waals surface area contributed by atoms with Gasteiger partial charge < -0.3 is 16.4 Å². The lowest BCUT2D eigenvalue weighted by molar-refractivity contribution is -0.122. The van der Waals surface area contributed by atoms with Gasteiger partial charge in [0.15, 0.2) is 11.5 Å². The van der Waals surface area contributed by atoms with Crippen molar-refractivity contribution in [1.29, 1.82) is 0 Å². The molecule has 2 aliphatic carbocycles. The summed E-state index contributed by atoms with van der Waals surface area (Å²) in [5.41, 5.74) is 6.09. The fourth-order valence-electron chi connectivity index (χ4n) is 4.73.